The lowest BCUT2D eigenvalue weighted by molar-refractivity contribution is -0.384. The first-order valence-corrected chi connectivity index (χ1v) is 7.56. The van der Waals surface area contributed by atoms with Crippen LogP contribution >= 0.6 is 0 Å². The minimum atomic E-state index is -0.470. The topological polar surface area (TPSA) is 90.7 Å². The highest BCUT2D eigenvalue weighted by atomic mass is 16.6. The van der Waals surface area contributed by atoms with Crippen LogP contribution in [0.5, 0.6) is 11.5 Å². The lowest BCUT2D eigenvalue weighted by atomic mass is 10.2. The van der Waals surface area contributed by atoms with E-state index in [2.05, 4.69) is 5.32 Å². The van der Waals surface area contributed by atoms with E-state index in [9.17, 15) is 14.9 Å². The number of hydrogen-bond acceptors (Lipinski definition) is 5. The van der Waals surface area contributed by atoms with Crippen molar-refractivity contribution in [2.45, 2.75) is 0 Å². The number of nitrogens with one attached hydrogen (secondary N) is 1. The summed E-state index contributed by atoms with van der Waals surface area (Å²) in [6.07, 6.45) is 2.95. The number of benzene rings is 2. The number of nitro groups is 1. The van der Waals surface area contributed by atoms with E-state index in [-0.39, 0.29) is 11.6 Å². The Bertz CT molecular complexity index is 756. The van der Waals surface area contributed by atoms with E-state index in [0.717, 1.165) is 0 Å². The molecule has 7 heteroatoms. The molecule has 0 saturated carbocycles. The fourth-order valence-corrected chi connectivity index (χ4v) is 1.97. The van der Waals surface area contributed by atoms with Crippen molar-refractivity contribution < 1.29 is 19.2 Å². The van der Waals surface area contributed by atoms with Gasteiger partial charge in [-0.1, -0.05) is 6.07 Å². The highest BCUT2D eigenvalue weighted by Crippen LogP contribution is 2.18. The Balaban J connectivity index is 1.73. The van der Waals surface area contributed by atoms with Gasteiger partial charge >= 0.3 is 0 Å². The van der Waals surface area contributed by atoms with E-state index < -0.39 is 4.92 Å². The van der Waals surface area contributed by atoms with Gasteiger partial charge in [-0.3, -0.25) is 14.9 Å². The normalized spacial score (nSPS) is 10.4. The van der Waals surface area contributed by atoms with Gasteiger partial charge in [0.15, 0.2) is 0 Å². The molecule has 0 heterocycles. The number of amides is 1. The molecule has 2 aromatic rings. The summed E-state index contributed by atoms with van der Waals surface area (Å²) < 4.78 is 10.6. The molecule has 0 atom stereocenters. The summed E-state index contributed by atoms with van der Waals surface area (Å²) in [7, 11) is 1.58. The number of carbonyl (C=O) groups is 1. The minimum absolute atomic E-state index is 0.0105. The molecule has 130 valence electrons. The van der Waals surface area contributed by atoms with Crippen molar-refractivity contribution >= 4 is 17.7 Å². The molecule has 0 saturated heterocycles. The molecule has 0 bridgehead atoms. The predicted molar refractivity (Wildman–Crippen MR) is 93.6 cm³/mol. The average molecular weight is 342 g/mol. The highest BCUT2D eigenvalue weighted by molar-refractivity contribution is 5.91. The van der Waals surface area contributed by atoms with Crippen LogP contribution < -0.4 is 14.8 Å². The van der Waals surface area contributed by atoms with Gasteiger partial charge in [0.25, 0.3) is 5.69 Å². The van der Waals surface area contributed by atoms with Gasteiger partial charge in [0, 0.05) is 24.3 Å². The molecule has 7 nitrogen and oxygen atoms in total. The first kappa shape index (κ1) is 18.0. The molecule has 0 aliphatic rings. The van der Waals surface area contributed by atoms with Gasteiger partial charge in [-0.25, -0.2) is 0 Å². The van der Waals surface area contributed by atoms with Gasteiger partial charge in [-0.2, -0.15) is 0 Å². The summed E-state index contributed by atoms with van der Waals surface area (Å²) in [4.78, 5) is 21.8. The fourth-order valence-electron chi connectivity index (χ4n) is 1.97. The molecular formula is C18H18N2O5. The second-order valence-electron chi connectivity index (χ2n) is 5.00. The maximum Gasteiger partial charge on any atom is 0.269 e. The molecule has 0 aromatic heterocycles. The molecule has 0 radical (unpaired) electrons. The fraction of sp³-hybridized carbons (Fsp3) is 0.167. The number of ether oxygens (including phenoxy) is 2. The smallest absolute Gasteiger partial charge is 0.269 e. The van der Waals surface area contributed by atoms with Crippen molar-refractivity contribution in [1.82, 2.24) is 5.32 Å². The van der Waals surface area contributed by atoms with Gasteiger partial charge in [0.05, 0.1) is 18.6 Å². The zero-order valence-electron chi connectivity index (χ0n) is 13.7. The maximum absolute atomic E-state index is 11.7. The molecular weight excluding hydrogens is 324 g/mol. The number of carbonyl (C=O) groups excluding carboxylic acids is 1. The molecule has 2 aromatic carbocycles. The number of nitro benzene ring substituents is 1. The van der Waals surface area contributed by atoms with Gasteiger partial charge in [0.1, 0.15) is 18.1 Å². The molecule has 0 fully saturated rings. The quantitative estimate of drug-likeness (QED) is 0.345. The number of non-ortho nitro benzene ring substituents is 1. The summed E-state index contributed by atoms with van der Waals surface area (Å²) in [5.74, 6) is 1.09. The number of nitrogens with zero attached hydrogens (tertiary/aromatic N) is 1. The molecule has 0 aliphatic heterocycles. The maximum atomic E-state index is 11.7. The second-order valence-corrected chi connectivity index (χ2v) is 5.00. The zero-order chi connectivity index (χ0) is 18.1. The summed E-state index contributed by atoms with van der Waals surface area (Å²) in [6, 6.07) is 13.1. The van der Waals surface area contributed by atoms with Crippen LogP contribution in [0.3, 0.4) is 0 Å². The van der Waals surface area contributed by atoms with Crippen LogP contribution in [-0.4, -0.2) is 31.1 Å². The Morgan fingerprint density at radius 3 is 2.60 bits per heavy atom. The lowest BCUT2D eigenvalue weighted by Crippen LogP contribution is -2.26. The minimum Gasteiger partial charge on any atom is -0.497 e. The van der Waals surface area contributed by atoms with Crippen LogP contribution in [0.2, 0.25) is 0 Å². The number of methoxy groups -OCH3 is 1. The van der Waals surface area contributed by atoms with Crippen molar-refractivity contribution in [3.63, 3.8) is 0 Å². The van der Waals surface area contributed by atoms with Crippen molar-refractivity contribution in [2.24, 2.45) is 0 Å². The number of rotatable bonds is 8. The molecule has 1 amide bonds. The van der Waals surface area contributed by atoms with E-state index in [0.29, 0.717) is 30.2 Å². The van der Waals surface area contributed by atoms with Gasteiger partial charge in [-0.15, -0.1) is 0 Å². The first-order valence-electron chi connectivity index (χ1n) is 7.56. The second kappa shape index (κ2) is 9.07. The summed E-state index contributed by atoms with van der Waals surface area (Å²) >= 11 is 0. The Morgan fingerprint density at radius 2 is 1.92 bits per heavy atom. The SMILES string of the molecule is COc1cccc(OCCNC(=O)/C=C/c2ccc([N+](=O)[O-])cc2)c1. The summed E-state index contributed by atoms with van der Waals surface area (Å²) in [5.41, 5.74) is 0.713. The third-order valence-corrected chi connectivity index (χ3v) is 3.24. The highest BCUT2D eigenvalue weighted by Gasteiger charge is 2.03. The molecule has 25 heavy (non-hydrogen) atoms. The van der Waals surface area contributed by atoms with Crippen LogP contribution in [-0.2, 0) is 4.79 Å². The molecule has 1 N–H and O–H groups in total. The number of hydrogen-bond donors (Lipinski definition) is 1. The van der Waals surface area contributed by atoms with Crippen LogP contribution in [0.15, 0.2) is 54.6 Å². The van der Waals surface area contributed by atoms with E-state index in [1.54, 1.807) is 37.5 Å². The predicted octanol–water partition coefficient (Wildman–Crippen LogP) is 2.81. The molecule has 0 spiro atoms. The van der Waals surface area contributed by atoms with Crippen LogP contribution in [0.4, 0.5) is 5.69 Å². The lowest BCUT2D eigenvalue weighted by Gasteiger charge is -2.07. The zero-order valence-corrected chi connectivity index (χ0v) is 13.7. The largest absolute Gasteiger partial charge is 0.497 e. The third kappa shape index (κ3) is 5.98. The van der Waals surface area contributed by atoms with Gasteiger partial charge in [-0.05, 0) is 35.9 Å². The summed E-state index contributed by atoms with van der Waals surface area (Å²) in [6.45, 7) is 0.672. The Hall–Kier alpha value is -3.35. The molecule has 0 aliphatic carbocycles. The van der Waals surface area contributed by atoms with Gasteiger partial charge in [0.2, 0.25) is 5.91 Å². The molecule has 2 rings (SSSR count). The van der Waals surface area contributed by atoms with Crippen molar-refractivity contribution in [3.8, 4) is 11.5 Å². The van der Waals surface area contributed by atoms with E-state index >= 15 is 0 Å². The Kier molecular flexibility index (Phi) is 6.53. The standard InChI is InChI=1S/C18H18N2O5/c1-24-16-3-2-4-17(13-16)25-12-11-19-18(21)10-7-14-5-8-15(9-6-14)20(22)23/h2-10,13H,11-12H2,1H3,(H,19,21)/b10-7+. The van der Waals surface area contributed by atoms with Crippen LogP contribution in [0.1, 0.15) is 5.56 Å². The van der Waals surface area contributed by atoms with E-state index in [1.807, 2.05) is 12.1 Å². The Morgan fingerprint density at radius 1 is 1.20 bits per heavy atom. The van der Waals surface area contributed by atoms with Crippen molar-refractivity contribution in [3.05, 3.63) is 70.3 Å². The third-order valence-electron chi connectivity index (χ3n) is 3.24. The van der Waals surface area contributed by atoms with Crippen LogP contribution in [0.25, 0.3) is 6.08 Å². The van der Waals surface area contributed by atoms with Gasteiger partial charge < -0.3 is 14.8 Å². The Labute approximate surface area is 145 Å². The van der Waals surface area contributed by atoms with Crippen LogP contribution in [0, 0.1) is 10.1 Å². The van der Waals surface area contributed by atoms with E-state index in [1.165, 1.54) is 18.2 Å². The average Bonchev–Trinajstić information content (AvgIpc) is 2.64. The van der Waals surface area contributed by atoms with Crippen molar-refractivity contribution in [1.29, 1.82) is 0 Å². The summed E-state index contributed by atoms with van der Waals surface area (Å²) in [5, 5.41) is 13.3. The first-order chi connectivity index (χ1) is 12.1. The van der Waals surface area contributed by atoms with Crippen molar-refractivity contribution in [2.75, 3.05) is 20.3 Å². The monoisotopic (exact) mass is 342 g/mol. The molecule has 0 unspecified atom stereocenters. The van der Waals surface area contributed by atoms with E-state index in [4.69, 9.17) is 9.47 Å².